The molecule has 2 rings (SSSR count). The van der Waals surface area contributed by atoms with Gasteiger partial charge in [0, 0.05) is 31.0 Å². The molecule has 0 radical (unpaired) electrons. The fourth-order valence-corrected chi connectivity index (χ4v) is 1.90. The summed E-state index contributed by atoms with van der Waals surface area (Å²) in [6.07, 6.45) is 5.35. The number of nitrogens with zero attached hydrogens (tertiary/aromatic N) is 2. The maximum atomic E-state index is 13.2. The lowest BCUT2D eigenvalue weighted by atomic mass is 9.94. The van der Waals surface area contributed by atoms with Crippen LogP contribution in [-0.2, 0) is 12.1 Å². The van der Waals surface area contributed by atoms with Crippen LogP contribution in [0.1, 0.15) is 19.4 Å². The van der Waals surface area contributed by atoms with Gasteiger partial charge in [0.15, 0.2) is 11.6 Å². The molecule has 0 fully saturated rings. The van der Waals surface area contributed by atoms with Crippen LogP contribution in [0.3, 0.4) is 0 Å². The van der Waals surface area contributed by atoms with Crippen LogP contribution in [0.5, 0.6) is 0 Å². The van der Waals surface area contributed by atoms with Gasteiger partial charge >= 0.3 is 0 Å². The van der Waals surface area contributed by atoms with Gasteiger partial charge in [0.05, 0.1) is 6.33 Å². The zero-order valence-corrected chi connectivity index (χ0v) is 11.0. The summed E-state index contributed by atoms with van der Waals surface area (Å²) in [5, 5.41) is 3.32. The summed E-state index contributed by atoms with van der Waals surface area (Å²) in [4.78, 5) is 3.96. The summed E-state index contributed by atoms with van der Waals surface area (Å²) in [6, 6.07) is 3.99. The zero-order chi connectivity index (χ0) is 13.9. The highest BCUT2D eigenvalue weighted by Gasteiger charge is 2.20. The minimum atomic E-state index is -0.821. The summed E-state index contributed by atoms with van der Waals surface area (Å²) < 4.78 is 28.1. The van der Waals surface area contributed by atoms with Crippen LogP contribution in [0.4, 0.5) is 8.78 Å². The predicted octanol–water partition coefficient (Wildman–Crippen LogP) is 2.69. The SMILES string of the molecule is CC(C)(NCCn1ccnc1)c1ccc(F)c(F)c1. The van der Waals surface area contributed by atoms with Crippen LogP contribution in [-0.4, -0.2) is 16.1 Å². The molecule has 3 nitrogen and oxygen atoms in total. The minimum absolute atomic E-state index is 0.422. The third-order valence-corrected chi connectivity index (χ3v) is 3.14. The molecule has 0 aliphatic heterocycles. The van der Waals surface area contributed by atoms with Gasteiger partial charge in [-0.25, -0.2) is 13.8 Å². The van der Waals surface area contributed by atoms with Crippen molar-refractivity contribution in [1.29, 1.82) is 0 Å². The Bertz CT molecular complexity index is 536. The van der Waals surface area contributed by atoms with E-state index in [9.17, 15) is 8.78 Å². The lowest BCUT2D eigenvalue weighted by Crippen LogP contribution is -2.38. The van der Waals surface area contributed by atoms with E-state index in [-0.39, 0.29) is 0 Å². The molecule has 0 spiro atoms. The molecule has 0 saturated heterocycles. The maximum Gasteiger partial charge on any atom is 0.159 e. The normalized spacial score (nSPS) is 11.8. The number of halogens is 2. The van der Waals surface area contributed by atoms with Crippen LogP contribution in [0.2, 0.25) is 0 Å². The van der Waals surface area contributed by atoms with E-state index in [2.05, 4.69) is 10.3 Å². The molecule has 0 atom stereocenters. The Labute approximate surface area is 111 Å². The Morgan fingerprint density at radius 1 is 1.26 bits per heavy atom. The fourth-order valence-electron chi connectivity index (χ4n) is 1.90. The molecule has 0 aliphatic rings. The molecule has 1 N–H and O–H groups in total. The van der Waals surface area contributed by atoms with Crippen molar-refractivity contribution >= 4 is 0 Å². The van der Waals surface area contributed by atoms with Crippen molar-refractivity contribution in [2.75, 3.05) is 6.54 Å². The Balaban J connectivity index is 1.98. The number of rotatable bonds is 5. The number of hydrogen-bond donors (Lipinski definition) is 1. The highest BCUT2D eigenvalue weighted by molar-refractivity contribution is 5.24. The fraction of sp³-hybridized carbons (Fsp3) is 0.357. The van der Waals surface area contributed by atoms with Crippen molar-refractivity contribution in [2.24, 2.45) is 0 Å². The first-order valence-corrected chi connectivity index (χ1v) is 6.15. The number of benzene rings is 1. The van der Waals surface area contributed by atoms with Crippen molar-refractivity contribution in [1.82, 2.24) is 14.9 Å². The first-order chi connectivity index (χ1) is 8.99. The molecule has 2 aromatic rings. The van der Waals surface area contributed by atoms with Gasteiger partial charge in [-0.05, 0) is 31.5 Å². The summed E-state index contributed by atoms with van der Waals surface area (Å²) in [5.74, 6) is -1.64. The molecule has 0 amide bonds. The predicted molar refractivity (Wildman–Crippen MR) is 69.6 cm³/mol. The van der Waals surface area contributed by atoms with Crippen LogP contribution in [0, 0.1) is 11.6 Å². The van der Waals surface area contributed by atoms with Gasteiger partial charge in [0.2, 0.25) is 0 Å². The average molecular weight is 265 g/mol. The van der Waals surface area contributed by atoms with Gasteiger partial charge in [0.25, 0.3) is 0 Å². The summed E-state index contributed by atoms with van der Waals surface area (Å²) in [6.45, 7) is 5.36. The molecular weight excluding hydrogens is 248 g/mol. The van der Waals surface area contributed by atoms with Gasteiger partial charge in [-0.1, -0.05) is 6.07 Å². The van der Waals surface area contributed by atoms with Crippen molar-refractivity contribution in [3.05, 3.63) is 54.1 Å². The quantitative estimate of drug-likeness (QED) is 0.900. The van der Waals surface area contributed by atoms with Gasteiger partial charge in [0.1, 0.15) is 0 Å². The van der Waals surface area contributed by atoms with Gasteiger partial charge in [-0.15, -0.1) is 0 Å². The number of imidazole rings is 1. The van der Waals surface area contributed by atoms with Gasteiger partial charge < -0.3 is 9.88 Å². The van der Waals surface area contributed by atoms with Crippen LogP contribution < -0.4 is 5.32 Å². The molecule has 0 unspecified atom stereocenters. The Morgan fingerprint density at radius 2 is 2.05 bits per heavy atom. The first kappa shape index (κ1) is 13.7. The molecule has 1 aromatic heterocycles. The number of hydrogen-bond acceptors (Lipinski definition) is 2. The van der Waals surface area contributed by atoms with Crippen molar-refractivity contribution in [2.45, 2.75) is 25.9 Å². The second-order valence-corrected chi connectivity index (χ2v) is 4.98. The monoisotopic (exact) mass is 265 g/mol. The molecule has 0 aliphatic carbocycles. The molecular formula is C14H17F2N3. The van der Waals surface area contributed by atoms with E-state index in [1.165, 1.54) is 6.07 Å². The third kappa shape index (κ3) is 3.38. The molecule has 0 saturated carbocycles. The highest BCUT2D eigenvalue weighted by Crippen LogP contribution is 2.21. The molecule has 0 bridgehead atoms. The topological polar surface area (TPSA) is 29.9 Å². The first-order valence-electron chi connectivity index (χ1n) is 6.15. The van der Waals surface area contributed by atoms with E-state index in [1.807, 2.05) is 24.6 Å². The van der Waals surface area contributed by atoms with E-state index < -0.39 is 17.2 Å². The summed E-state index contributed by atoms with van der Waals surface area (Å²) in [7, 11) is 0. The molecule has 1 aromatic carbocycles. The van der Waals surface area contributed by atoms with Gasteiger partial charge in [-0.3, -0.25) is 0 Å². The Kier molecular flexibility index (Phi) is 3.95. The smallest absolute Gasteiger partial charge is 0.159 e. The third-order valence-electron chi connectivity index (χ3n) is 3.14. The summed E-state index contributed by atoms with van der Waals surface area (Å²) >= 11 is 0. The summed E-state index contributed by atoms with van der Waals surface area (Å²) in [5.41, 5.74) is 0.298. The van der Waals surface area contributed by atoms with E-state index in [4.69, 9.17) is 0 Å². The van der Waals surface area contributed by atoms with Gasteiger partial charge in [-0.2, -0.15) is 0 Å². The molecule has 102 valence electrons. The lowest BCUT2D eigenvalue weighted by Gasteiger charge is -2.27. The van der Waals surface area contributed by atoms with Crippen LogP contribution in [0.25, 0.3) is 0 Å². The molecule has 19 heavy (non-hydrogen) atoms. The second-order valence-electron chi connectivity index (χ2n) is 4.98. The van der Waals surface area contributed by atoms with Crippen LogP contribution >= 0.6 is 0 Å². The largest absolute Gasteiger partial charge is 0.336 e. The highest BCUT2D eigenvalue weighted by atomic mass is 19.2. The minimum Gasteiger partial charge on any atom is -0.336 e. The molecule has 1 heterocycles. The molecule has 5 heteroatoms. The van der Waals surface area contributed by atoms with Crippen molar-refractivity contribution in [3.8, 4) is 0 Å². The average Bonchev–Trinajstić information content (AvgIpc) is 2.85. The van der Waals surface area contributed by atoms with Crippen molar-refractivity contribution in [3.63, 3.8) is 0 Å². The number of aromatic nitrogens is 2. The Morgan fingerprint density at radius 3 is 2.68 bits per heavy atom. The van der Waals surface area contributed by atoms with E-state index in [1.54, 1.807) is 18.6 Å². The second kappa shape index (κ2) is 5.48. The van der Waals surface area contributed by atoms with E-state index >= 15 is 0 Å². The number of nitrogens with one attached hydrogen (secondary N) is 1. The van der Waals surface area contributed by atoms with E-state index in [0.717, 1.165) is 18.2 Å². The lowest BCUT2D eigenvalue weighted by molar-refractivity contribution is 0.387. The zero-order valence-electron chi connectivity index (χ0n) is 11.0. The van der Waals surface area contributed by atoms with Crippen molar-refractivity contribution < 1.29 is 8.78 Å². The standard InChI is InChI=1S/C14H17F2N3/c1-14(2,11-3-4-12(15)13(16)9-11)18-6-8-19-7-5-17-10-19/h3-5,7,9-10,18H,6,8H2,1-2H3. The maximum absolute atomic E-state index is 13.2. The Hall–Kier alpha value is -1.75. The van der Waals surface area contributed by atoms with Crippen LogP contribution in [0.15, 0.2) is 36.9 Å². The van der Waals surface area contributed by atoms with E-state index in [0.29, 0.717) is 6.54 Å².